The molecule has 0 rings (SSSR count). The molecule has 0 saturated carbocycles. The van der Waals surface area contributed by atoms with Gasteiger partial charge in [0, 0.05) is 6.15 Å². The predicted molar refractivity (Wildman–Crippen MR) is 22.6 cm³/mol. The monoisotopic (exact) mass is 70.1 g/mol. The van der Waals surface area contributed by atoms with Gasteiger partial charge < -0.3 is 0 Å². The molecular formula is C4H8N. The predicted octanol–water partition coefficient (Wildman–Crippen LogP) is 1.10. The van der Waals surface area contributed by atoms with Gasteiger partial charge in [0.15, 0.2) is 0 Å². The van der Waals surface area contributed by atoms with E-state index in [1.54, 1.807) is 0 Å². The molecule has 0 aromatic rings. The van der Waals surface area contributed by atoms with Gasteiger partial charge in [-0.3, -0.25) is 0 Å². The van der Waals surface area contributed by atoms with Gasteiger partial charge >= 0.3 is 0 Å². The van der Waals surface area contributed by atoms with Crippen LogP contribution in [0.25, 0.3) is 0 Å². The quantitative estimate of drug-likeness (QED) is 0.382. The van der Waals surface area contributed by atoms with Gasteiger partial charge in [-0.1, -0.05) is 5.57 Å². The van der Waals surface area contributed by atoms with E-state index in [-0.39, 0.29) is 6.15 Å². The molecular weight excluding hydrogens is 62.1 g/mol. The molecule has 0 aliphatic rings. The van der Waals surface area contributed by atoms with Crippen molar-refractivity contribution < 1.29 is 0 Å². The second-order valence-corrected chi connectivity index (χ2v) is 1.21. The second kappa shape index (κ2) is 3.70. The zero-order valence-corrected chi connectivity index (χ0v) is 3.65. The van der Waals surface area contributed by atoms with Crippen LogP contribution in [0.2, 0.25) is 0 Å². The van der Waals surface area contributed by atoms with Gasteiger partial charge in [0.25, 0.3) is 0 Å². The SMILES string of the molecule is C=C(C)C.[N]. The maximum absolute atomic E-state index is 3.56. The van der Waals surface area contributed by atoms with Crippen LogP contribution in [0.1, 0.15) is 13.8 Å². The van der Waals surface area contributed by atoms with Crippen molar-refractivity contribution >= 4 is 0 Å². The summed E-state index contributed by atoms with van der Waals surface area (Å²) in [6.45, 7) is 7.50. The van der Waals surface area contributed by atoms with Gasteiger partial charge in [0.05, 0.1) is 0 Å². The zero-order valence-electron chi connectivity index (χ0n) is 3.65. The fourth-order valence-electron chi connectivity index (χ4n) is 0. The van der Waals surface area contributed by atoms with Crippen LogP contribution in [0.3, 0.4) is 0 Å². The summed E-state index contributed by atoms with van der Waals surface area (Å²) in [6.07, 6.45) is 0. The molecule has 1 heteroatoms. The number of hydrogen-bond acceptors (Lipinski definition) is 0. The Morgan fingerprint density at radius 2 is 1.40 bits per heavy atom. The highest BCUT2D eigenvalue weighted by molar-refractivity contribution is 4.78. The summed E-state index contributed by atoms with van der Waals surface area (Å²) in [6, 6.07) is 0. The van der Waals surface area contributed by atoms with E-state index in [1.165, 1.54) is 5.57 Å². The minimum absolute atomic E-state index is 0. The summed E-state index contributed by atoms with van der Waals surface area (Å²) in [7, 11) is 0. The van der Waals surface area contributed by atoms with Crippen molar-refractivity contribution in [1.82, 2.24) is 6.15 Å². The Morgan fingerprint density at radius 3 is 1.40 bits per heavy atom. The lowest BCUT2D eigenvalue weighted by molar-refractivity contribution is 1.42. The zero-order chi connectivity index (χ0) is 3.58. The molecule has 0 atom stereocenters. The molecule has 29 valence electrons. The summed E-state index contributed by atoms with van der Waals surface area (Å²) >= 11 is 0. The normalized spacial score (nSPS) is 5.20. The van der Waals surface area contributed by atoms with Crippen LogP contribution in [0.15, 0.2) is 12.2 Å². The van der Waals surface area contributed by atoms with E-state index in [0.717, 1.165) is 0 Å². The first-order valence-corrected chi connectivity index (χ1v) is 1.35. The van der Waals surface area contributed by atoms with Crippen molar-refractivity contribution in [3.8, 4) is 0 Å². The maximum atomic E-state index is 3.56. The summed E-state index contributed by atoms with van der Waals surface area (Å²) in [5, 5.41) is 0. The Bertz CT molecular complexity index is 26.6. The van der Waals surface area contributed by atoms with Crippen LogP contribution in [0.4, 0.5) is 0 Å². The first-order chi connectivity index (χ1) is 1.73. The average molecular weight is 70.1 g/mol. The van der Waals surface area contributed by atoms with E-state index in [4.69, 9.17) is 0 Å². The van der Waals surface area contributed by atoms with Crippen LogP contribution in [0, 0.1) is 0 Å². The van der Waals surface area contributed by atoms with Gasteiger partial charge in [0.1, 0.15) is 0 Å². The first-order valence-electron chi connectivity index (χ1n) is 1.35. The van der Waals surface area contributed by atoms with Crippen molar-refractivity contribution in [2.75, 3.05) is 0 Å². The van der Waals surface area contributed by atoms with Crippen LogP contribution < -0.4 is 6.15 Å². The van der Waals surface area contributed by atoms with Gasteiger partial charge in [-0.15, -0.1) is 6.58 Å². The minimum Gasteiger partial charge on any atom is -0.100 e. The summed E-state index contributed by atoms with van der Waals surface area (Å²) in [5.74, 6) is 0. The van der Waals surface area contributed by atoms with Crippen LogP contribution in [0.5, 0.6) is 0 Å². The van der Waals surface area contributed by atoms with E-state index in [9.17, 15) is 0 Å². The third kappa shape index (κ3) is 119. The van der Waals surface area contributed by atoms with E-state index in [0.29, 0.717) is 0 Å². The lowest BCUT2D eigenvalue weighted by Gasteiger charge is -1.65. The number of hydrogen-bond donors (Lipinski definition) is 0. The smallest absolute Gasteiger partial charge is 0 e. The van der Waals surface area contributed by atoms with Crippen molar-refractivity contribution in [2.24, 2.45) is 0 Å². The van der Waals surface area contributed by atoms with E-state index in [1.807, 2.05) is 13.8 Å². The van der Waals surface area contributed by atoms with E-state index >= 15 is 0 Å². The largest absolute Gasteiger partial charge is 0.100 e. The number of rotatable bonds is 0. The molecule has 1 nitrogen and oxygen atoms in total. The molecule has 0 aromatic carbocycles. The standard InChI is InChI=1S/C4H8.N/c1-4(2)3;/h1H2,2-3H3;. The fourth-order valence-corrected chi connectivity index (χ4v) is 0. The van der Waals surface area contributed by atoms with Crippen molar-refractivity contribution in [3.05, 3.63) is 12.2 Å². The molecule has 0 amide bonds. The summed E-state index contributed by atoms with van der Waals surface area (Å²) in [4.78, 5) is 0. The molecule has 0 N–H and O–H groups in total. The molecule has 0 aromatic heterocycles. The highest BCUT2D eigenvalue weighted by Crippen LogP contribution is 1.73. The summed E-state index contributed by atoms with van der Waals surface area (Å²) < 4.78 is 0. The third-order valence-electron chi connectivity index (χ3n) is 0. The van der Waals surface area contributed by atoms with Crippen LogP contribution in [-0.2, 0) is 0 Å². The third-order valence-corrected chi connectivity index (χ3v) is 0. The fraction of sp³-hybridized carbons (Fsp3) is 0.500. The second-order valence-electron chi connectivity index (χ2n) is 1.21. The van der Waals surface area contributed by atoms with Crippen LogP contribution in [-0.4, -0.2) is 0 Å². The molecule has 5 heavy (non-hydrogen) atoms. The molecule has 0 saturated heterocycles. The Morgan fingerprint density at radius 1 is 1.40 bits per heavy atom. The maximum Gasteiger partial charge on any atom is 0 e. The van der Waals surface area contributed by atoms with Crippen molar-refractivity contribution in [2.45, 2.75) is 13.8 Å². The highest BCUT2D eigenvalue weighted by Gasteiger charge is 1.51. The van der Waals surface area contributed by atoms with E-state index in [2.05, 4.69) is 6.58 Å². The molecule has 0 aliphatic heterocycles. The van der Waals surface area contributed by atoms with Crippen LogP contribution >= 0.6 is 0 Å². The number of allylic oxidation sites excluding steroid dienone is 1. The molecule has 0 bridgehead atoms. The molecule has 0 aliphatic carbocycles. The van der Waals surface area contributed by atoms with E-state index < -0.39 is 0 Å². The Balaban J connectivity index is 0. The van der Waals surface area contributed by atoms with Crippen molar-refractivity contribution in [1.29, 1.82) is 0 Å². The molecule has 0 unspecified atom stereocenters. The Kier molecular flexibility index (Phi) is 6.53. The van der Waals surface area contributed by atoms with Crippen molar-refractivity contribution in [3.63, 3.8) is 0 Å². The Hall–Kier alpha value is -0.300. The Labute approximate surface area is 33.3 Å². The minimum atomic E-state index is 0. The topological polar surface area (TPSA) is 30.5 Å². The van der Waals surface area contributed by atoms with Gasteiger partial charge in [-0.05, 0) is 13.8 Å². The molecule has 3 radical (unpaired) electrons. The van der Waals surface area contributed by atoms with Gasteiger partial charge in [0.2, 0.25) is 0 Å². The number of nitrogens with zero attached hydrogens (tertiary/aromatic N) is 1. The summed E-state index contributed by atoms with van der Waals surface area (Å²) in [5.41, 5.74) is 1.17. The highest BCUT2D eigenvalue weighted by atomic mass is 14.0. The molecule has 0 spiro atoms. The van der Waals surface area contributed by atoms with Gasteiger partial charge in [-0.2, -0.15) is 0 Å². The lowest BCUT2D eigenvalue weighted by Crippen LogP contribution is -1.43. The molecule has 0 heterocycles. The first kappa shape index (κ1) is 8.83. The lowest BCUT2D eigenvalue weighted by atomic mass is 10.4. The van der Waals surface area contributed by atoms with Gasteiger partial charge in [-0.25, -0.2) is 0 Å². The average Bonchev–Trinajstić information content (AvgIpc) is 0.811. The molecule has 0 fully saturated rings.